The van der Waals surface area contributed by atoms with E-state index in [-0.39, 0.29) is 0 Å². The third kappa shape index (κ3) is 1.97. The Kier molecular flexibility index (Phi) is 3.51. The number of ether oxygens (including phenoxy) is 1. The molecular formula is C13H21NO2. The van der Waals surface area contributed by atoms with Crippen LogP contribution in [0, 0.1) is 16.7 Å². The van der Waals surface area contributed by atoms with Crippen LogP contribution in [0.2, 0.25) is 0 Å². The van der Waals surface area contributed by atoms with E-state index in [4.69, 9.17) is 4.74 Å². The average Bonchev–Trinajstić information content (AvgIpc) is 2.56. The lowest BCUT2D eigenvalue weighted by atomic mass is 9.66. The highest BCUT2D eigenvalue weighted by Crippen LogP contribution is 2.46. The van der Waals surface area contributed by atoms with Gasteiger partial charge in [-0.1, -0.05) is 25.7 Å². The Morgan fingerprint density at radius 2 is 1.69 bits per heavy atom. The van der Waals surface area contributed by atoms with E-state index in [1.165, 1.54) is 12.8 Å². The maximum atomic E-state index is 10.8. The van der Waals surface area contributed by atoms with Gasteiger partial charge in [-0.25, -0.2) is 0 Å². The van der Waals surface area contributed by atoms with Gasteiger partial charge in [-0.15, -0.1) is 0 Å². The maximum absolute atomic E-state index is 10.8. The van der Waals surface area contributed by atoms with Crippen molar-refractivity contribution in [1.82, 2.24) is 0 Å². The molecule has 1 N–H and O–H groups in total. The van der Waals surface area contributed by atoms with Crippen LogP contribution in [0.15, 0.2) is 0 Å². The first-order chi connectivity index (χ1) is 7.72. The second-order valence-corrected chi connectivity index (χ2v) is 5.30. The summed E-state index contributed by atoms with van der Waals surface area (Å²) in [5.41, 5.74) is -1.45. The minimum absolute atomic E-state index is 0.417. The van der Waals surface area contributed by atoms with Gasteiger partial charge in [0.25, 0.3) is 0 Å². The Morgan fingerprint density at radius 3 is 2.19 bits per heavy atom. The van der Waals surface area contributed by atoms with Crippen molar-refractivity contribution >= 4 is 0 Å². The minimum Gasteiger partial charge on any atom is -0.388 e. The number of hydrogen-bond acceptors (Lipinski definition) is 3. The molecule has 90 valence electrons. The fraction of sp³-hybridized carbons (Fsp3) is 0.923. The SMILES string of the molecule is N#CC1(C2(O)CCCCCC2)CCCOC1. The minimum atomic E-state index is -0.807. The largest absolute Gasteiger partial charge is 0.388 e. The lowest BCUT2D eigenvalue weighted by Crippen LogP contribution is -2.52. The van der Waals surface area contributed by atoms with E-state index in [1.54, 1.807) is 0 Å². The second-order valence-electron chi connectivity index (χ2n) is 5.30. The average molecular weight is 223 g/mol. The first-order valence-corrected chi connectivity index (χ1v) is 6.44. The normalized spacial score (nSPS) is 35.0. The molecule has 1 saturated carbocycles. The summed E-state index contributed by atoms with van der Waals surface area (Å²) in [4.78, 5) is 0. The van der Waals surface area contributed by atoms with Gasteiger partial charge in [0.2, 0.25) is 0 Å². The van der Waals surface area contributed by atoms with Crippen LogP contribution in [0.1, 0.15) is 51.4 Å². The van der Waals surface area contributed by atoms with Crippen molar-refractivity contribution in [1.29, 1.82) is 5.26 Å². The van der Waals surface area contributed by atoms with E-state index >= 15 is 0 Å². The van der Waals surface area contributed by atoms with E-state index in [2.05, 4.69) is 6.07 Å². The van der Waals surface area contributed by atoms with Crippen molar-refractivity contribution in [2.45, 2.75) is 57.0 Å². The first kappa shape index (κ1) is 11.9. The number of rotatable bonds is 1. The Bertz CT molecular complexity index is 268. The smallest absolute Gasteiger partial charge is 0.109 e. The number of nitriles is 1. The van der Waals surface area contributed by atoms with Crippen molar-refractivity contribution < 1.29 is 9.84 Å². The van der Waals surface area contributed by atoms with Gasteiger partial charge in [-0.05, 0) is 25.7 Å². The van der Waals surface area contributed by atoms with Crippen molar-refractivity contribution in [3.8, 4) is 6.07 Å². The molecule has 0 aromatic carbocycles. The van der Waals surface area contributed by atoms with Crippen molar-refractivity contribution in [3.05, 3.63) is 0 Å². The van der Waals surface area contributed by atoms with Gasteiger partial charge in [0.05, 0.1) is 18.3 Å². The molecule has 2 aliphatic rings. The summed E-state index contributed by atoms with van der Waals surface area (Å²) in [7, 11) is 0. The van der Waals surface area contributed by atoms with Gasteiger partial charge in [-0.2, -0.15) is 5.26 Å². The molecule has 3 nitrogen and oxygen atoms in total. The van der Waals surface area contributed by atoms with E-state index in [0.717, 1.165) is 45.1 Å². The lowest BCUT2D eigenvalue weighted by molar-refractivity contribution is -0.125. The van der Waals surface area contributed by atoms with Crippen LogP contribution >= 0.6 is 0 Å². The fourth-order valence-corrected chi connectivity index (χ4v) is 3.15. The van der Waals surface area contributed by atoms with E-state index < -0.39 is 11.0 Å². The van der Waals surface area contributed by atoms with Crippen LogP contribution in [-0.4, -0.2) is 23.9 Å². The van der Waals surface area contributed by atoms with Crippen molar-refractivity contribution in [2.24, 2.45) is 5.41 Å². The summed E-state index contributed by atoms with van der Waals surface area (Å²) in [6.45, 7) is 1.15. The summed E-state index contributed by atoms with van der Waals surface area (Å²) in [5, 5.41) is 20.3. The fourth-order valence-electron chi connectivity index (χ4n) is 3.15. The van der Waals surface area contributed by atoms with Gasteiger partial charge < -0.3 is 9.84 Å². The van der Waals surface area contributed by atoms with Crippen LogP contribution in [0.4, 0.5) is 0 Å². The zero-order chi connectivity index (χ0) is 11.5. The van der Waals surface area contributed by atoms with E-state index in [9.17, 15) is 10.4 Å². The molecule has 1 heterocycles. The highest BCUT2D eigenvalue weighted by Gasteiger charge is 2.51. The molecule has 16 heavy (non-hydrogen) atoms. The van der Waals surface area contributed by atoms with Crippen molar-refractivity contribution in [2.75, 3.05) is 13.2 Å². The lowest BCUT2D eigenvalue weighted by Gasteiger charge is -2.44. The van der Waals surface area contributed by atoms with Crippen molar-refractivity contribution in [3.63, 3.8) is 0 Å². The molecule has 0 aromatic rings. The zero-order valence-electron chi connectivity index (χ0n) is 9.87. The molecule has 1 aliphatic carbocycles. The Morgan fingerprint density at radius 1 is 1.00 bits per heavy atom. The molecule has 1 aliphatic heterocycles. The molecule has 0 radical (unpaired) electrons. The molecule has 3 heteroatoms. The first-order valence-electron chi connectivity index (χ1n) is 6.44. The molecule has 0 spiro atoms. The Labute approximate surface area is 97.4 Å². The summed E-state index contributed by atoms with van der Waals surface area (Å²) >= 11 is 0. The van der Waals surface area contributed by atoms with Crippen LogP contribution in [0.3, 0.4) is 0 Å². The third-order valence-corrected chi connectivity index (χ3v) is 4.28. The summed E-state index contributed by atoms with van der Waals surface area (Å²) in [5.74, 6) is 0. The van der Waals surface area contributed by atoms with Crippen LogP contribution in [0.5, 0.6) is 0 Å². The van der Waals surface area contributed by atoms with Gasteiger partial charge in [0.15, 0.2) is 0 Å². The summed E-state index contributed by atoms with van der Waals surface area (Å²) in [6.07, 6.45) is 7.68. The molecule has 0 aromatic heterocycles. The van der Waals surface area contributed by atoms with E-state index in [0.29, 0.717) is 6.61 Å². The highest BCUT2D eigenvalue weighted by atomic mass is 16.5. The second kappa shape index (κ2) is 4.73. The van der Waals surface area contributed by atoms with Gasteiger partial charge >= 0.3 is 0 Å². The summed E-state index contributed by atoms with van der Waals surface area (Å²) in [6, 6.07) is 2.38. The summed E-state index contributed by atoms with van der Waals surface area (Å²) < 4.78 is 5.45. The molecule has 0 amide bonds. The zero-order valence-corrected chi connectivity index (χ0v) is 9.87. The molecule has 0 bridgehead atoms. The van der Waals surface area contributed by atoms with Gasteiger partial charge in [0.1, 0.15) is 5.41 Å². The van der Waals surface area contributed by atoms with Gasteiger partial charge in [-0.3, -0.25) is 0 Å². The molecule has 1 unspecified atom stereocenters. The quantitative estimate of drug-likeness (QED) is 0.694. The maximum Gasteiger partial charge on any atom is 0.109 e. The molecule has 1 atom stereocenters. The predicted molar refractivity (Wildman–Crippen MR) is 60.8 cm³/mol. The third-order valence-electron chi connectivity index (χ3n) is 4.28. The van der Waals surface area contributed by atoms with Crippen LogP contribution in [-0.2, 0) is 4.74 Å². The molecule has 1 saturated heterocycles. The standard InChI is InChI=1S/C13H21NO2/c14-10-12(6-5-9-16-11-12)13(15)7-3-1-2-4-8-13/h15H,1-9,11H2. The van der Waals surface area contributed by atoms with Crippen LogP contribution in [0.25, 0.3) is 0 Å². The van der Waals surface area contributed by atoms with E-state index in [1.807, 2.05) is 0 Å². The number of aliphatic hydroxyl groups is 1. The Balaban J connectivity index is 2.20. The number of hydrogen-bond donors (Lipinski definition) is 1. The molecular weight excluding hydrogens is 202 g/mol. The molecule has 2 rings (SSSR count). The molecule has 2 fully saturated rings. The Hall–Kier alpha value is -0.590. The van der Waals surface area contributed by atoms with Gasteiger partial charge in [0, 0.05) is 6.61 Å². The predicted octanol–water partition coefficient (Wildman–Crippen LogP) is 2.39. The topological polar surface area (TPSA) is 53.2 Å². The monoisotopic (exact) mass is 223 g/mol. The van der Waals surface area contributed by atoms with Crippen LogP contribution < -0.4 is 0 Å². The number of nitrogens with zero attached hydrogens (tertiary/aromatic N) is 1. The highest BCUT2D eigenvalue weighted by molar-refractivity contribution is 5.12.